The first-order chi connectivity index (χ1) is 16.3. The van der Waals surface area contributed by atoms with Crippen molar-refractivity contribution in [2.45, 2.75) is 18.7 Å². The molecule has 0 bridgehead atoms. The van der Waals surface area contributed by atoms with Crippen molar-refractivity contribution >= 4 is 27.5 Å². The minimum Gasteiger partial charge on any atom is -0.493 e. The maximum atomic E-state index is 13.2. The molecule has 11 heteroatoms. The van der Waals surface area contributed by atoms with Crippen molar-refractivity contribution in [3.8, 4) is 11.5 Å². The predicted molar refractivity (Wildman–Crippen MR) is 130 cm³/mol. The van der Waals surface area contributed by atoms with Crippen LogP contribution in [0.2, 0.25) is 0 Å². The third-order valence-electron chi connectivity index (χ3n) is 5.55. The number of methoxy groups -OCH3 is 2. The first-order valence-corrected chi connectivity index (χ1v) is 12.3. The lowest BCUT2D eigenvalue weighted by Crippen LogP contribution is -2.49. The molecule has 4 rings (SSSR count). The molecule has 0 atom stereocenters. The lowest BCUT2D eigenvalue weighted by molar-refractivity contribution is 0.353. The fourth-order valence-corrected chi connectivity index (χ4v) is 5.24. The molecule has 1 saturated heterocycles. The minimum absolute atomic E-state index is 0.175. The summed E-state index contributed by atoms with van der Waals surface area (Å²) in [7, 11) is -0.675. The van der Waals surface area contributed by atoms with Gasteiger partial charge >= 0.3 is 0 Å². The molecule has 3 aromatic rings. The maximum Gasteiger partial charge on any atom is 0.243 e. The molecule has 1 fully saturated rings. The Morgan fingerprint density at radius 3 is 2.29 bits per heavy atom. The highest BCUT2D eigenvalue weighted by molar-refractivity contribution is 7.89. The van der Waals surface area contributed by atoms with Crippen molar-refractivity contribution in [1.29, 1.82) is 0 Å². The number of anilines is 3. The van der Waals surface area contributed by atoms with E-state index < -0.39 is 10.0 Å². The zero-order chi connectivity index (χ0) is 24.3. The van der Waals surface area contributed by atoms with Crippen LogP contribution in [0.5, 0.6) is 11.5 Å². The molecule has 1 N–H and O–H groups in total. The van der Waals surface area contributed by atoms with Crippen LogP contribution in [-0.4, -0.2) is 68.1 Å². The molecule has 0 radical (unpaired) electrons. The van der Waals surface area contributed by atoms with Gasteiger partial charge in [0.25, 0.3) is 0 Å². The van der Waals surface area contributed by atoms with Gasteiger partial charge in [-0.3, -0.25) is 0 Å². The normalized spacial score (nSPS) is 14.6. The molecule has 0 saturated carbocycles. The van der Waals surface area contributed by atoms with E-state index in [1.807, 2.05) is 32.0 Å². The summed E-state index contributed by atoms with van der Waals surface area (Å²) in [6.07, 6.45) is 1.74. The Bertz CT molecular complexity index is 1280. The number of rotatable bonds is 7. The molecule has 10 nitrogen and oxygen atoms in total. The van der Waals surface area contributed by atoms with E-state index in [-0.39, 0.29) is 4.90 Å². The van der Waals surface area contributed by atoms with Gasteiger partial charge in [-0.2, -0.15) is 4.31 Å². The summed E-state index contributed by atoms with van der Waals surface area (Å²) in [6, 6.07) is 10.4. The molecule has 180 valence electrons. The quantitative estimate of drug-likeness (QED) is 0.541. The zero-order valence-corrected chi connectivity index (χ0v) is 20.5. The third-order valence-corrected chi connectivity index (χ3v) is 7.45. The fraction of sp³-hybridized carbons (Fsp3) is 0.348. The second-order valence-corrected chi connectivity index (χ2v) is 9.85. The van der Waals surface area contributed by atoms with Crippen LogP contribution in [-0.2, 0) is 10.0 Å². The van der Waals surface area contributed by atoms with Gasteiger partial charge in [0, 0.05) is 44.5 Å². The lowest BCUT2D eigenvalue weighted by atomic mass is 10.3. The molecule has 0 amide bonds. The second kappa shape index (κ2) is 9.82. The third kappa shape index (κ3) is 5.05. The van der Waals surface area contributed by atoms with Crippen LogP contribution in [0.1, 0.15) is 11.4 Å². The second-order valence-electron chi connectivity index (χ2n) is 7.91. The summed E-state index contributed by atoms with van der Waals surface area (Å²) >= 11 is 0. The Labute approximate surface area is 199 Å². The number of nitrogens with zero attached hydrogens (tertiary/aromatic N) is 5. The van der Waals surface area contributed by atoms with Crippen LogP contribution < -0.4 is 19.7 Å². The zero-order valence-electron chi connectivity index (χ0n) is 19.6. The molecule has 1 aliphatic heterocycles. The average molecular weight is 485 g/mol. The topological polar surface area (TPSA) is 110 Å². The SMILES string of the molecule is COc1ccc(S(=O)(=O)N2CCN(c3cc(Nc4cc(C)ccn4)nc(C)n3)CC2)cc1OC. The summed E-state index contributed by atoms with van der Waals surface area (Å²) in [5, 5.41) is 3.22. The Morgan fingerprint density at radius 2 is 1.62 bits per heavy atom. The monoisotopic (exact) mass is 484 g/mol. The molecule has 1 aliphatic rings. The highest BCUT2D eigenvalue weighted by Gasteiger charge is 2.30. The number of aryl methyl sites for hydroxylation is 2. The van der Waals surface area contributed by atoms with Crippen LogP contribution in [0.3, 0.4) is 0 Å². The lowest BCUT2D eigenvalue weighted by Gasteiger charge is -2.34. The number of hydrogen-bond acceptors (Lipinski definition) is 9. The molecule has 0 spiro atoms. The van der Waals surface area contributed by atoms with Gasteiger partial charge in [-0.1, -0.05) is 0 Å². The van der Waals surface area contributed by atoms with Gasteiger partial charge in [0.2, 0.25) is 10.0 Å². The van der Waals surface area contributed by atoms with Crippen LogP contribution in [0.4, 0.5) is 17.5 Å². The van der Waals surface area contributed by atoms with Crippen molar-refractivity contribution in [3.63, 3.8) is 0 Å². The van der Waals surface area contributed by atoms with E-state index in [0.717, 1.165) is 11.4 Å². The Hall–Kier alpha value is -3.44. The molecule has 0 unspecified atom stereocenters. The van der Waals surface area contributed by atoms with Crippen molar-refractivity contribution in [2.75, 3.05) is 50.6 Å². The van der Waals surface area contributed by atoms with Crippen LogP contribution >= 0.6 is 0 Å². The Kier molecular flexibility index (Phi) is 6.85. The summed E-state index contributed by atoms with van der Waals surface area (Å²) in [4.78, 5) is 15.6. The summed E-state index contributed by atoms with van der Waals surface area (Å²) in [6.45, 7) is 5.51. The largest absolute Gasteiger partial charge is 0.493 e. The maximum absolute atomic E-state index is 13.2. The van der Waals surface area contributed by atoms with Crippen molar-refractivity contribution in [3.05, 3.63) is 54.0 Å². The number of benzene rings is 1. The molecule has 1 aromatic carbocycles. The molecule has 0 aliphatic carbocycles. The van der Waals surface area contributed by atoms with Gasteiger partial charge in [-0.15, -0.1) is 0 Å². The number of piperazine rings is 1. The summed E-state index contributed by atoms with van der Waals surface area (Å²) in [5.41, 5.74) is 1.09. The van der Waals surface area contributed by atoms with Gasteiger partial charge in [0.15, 0.2) is 11.5 Å². The smallest absolute Gasteiger partial charge is 0.243 e. The van der Waals surface area contributed by atoms with Crippen molar-refractivity contribution in [1.82, 2.24) is 19.3 Å². The van der Waals surface area contributed by atoms with Crippen LogP contribution in [0, 0.1) is 13.8 Å². The first-order valence-electron chi connectivity index (χ1n) is 10.8. The van der Waals surface area contributed by atoms with Gasteiger partial charge in [0.05, 0.1) is 19.1 Å². The van der Waals surface area contributed by atoms with E-state index >= 15 is 0 Å². The van der Waals surface area contributed by atoms with Crippen molar-refractivity contribution < 1.29 is 17.9 Å². The van der Waals surface area contributed by atoms with E-state index in [2.05, 4.69) is 25.2 Å². The van der Waals surface area contributed by atoms with Gasteiger partial charge in [-0.25, -0.2) is 23.4 Å². The first kappa shape index (κ1) is 23.7. The summed E-state index contributed by atoms with van der Waals surface area (Å²) in [5.74, 6) is 3.56. The number of pyridine rings is 1. The van der Waals surface area contributed by atoms with E-state index in [0.29, 0.717) is 55.1 Å². The van der Waals surface area contributed by atoms with E-state index in [1.54, 1.807) is 12.3 Å². The molecule has 3 heterocycles. The van der Waals surface area contributed by atoms with Crippen molar-refractivity contribution in [2.24, 2.45) is 0 Å². The average Bonchev–Trinajstić information content (AvgIpc) is 2.83. The molecule has 2 aromatic heterocycles. The van der Waals surface area contributed by atoms with E-state index in [1.165, 1.54) is 30.7 Å². The van der Waals surface area contributed by atoms with Gasteiger partial charge in [-0.05, 0) is 43.7 Å². The van der Waals surface area contributed by atoms with Crippen LogP contribution in [0.15, 0.2) is 47.5 Å². The predicted octanol–water partition coefficient (Wildman–Crippen LogP) is 2.76. The van der Waals surface area contributed by atoms with E-state index in [9.17, 15) is 8.42 Å². The highest BCUT2D eigenvalue weighted by Crippen LogP contribution is 2.31. The number of hydrogen-bond donors (Lipinski definition) is 1. The van der Waals surface area contributed by atoms with E-state index in [4.69, 9.17) is 9.47 Å². The van der Waals surface area contributed by atoms with Gasteiger partial charge in [0.1, 0.15) is 23.3 Å². The molecular formula is C23H28N6O4S. The number of aromatic nitrogens is 3. The van der Waals surface area contributed by atoms with Crippen LogP contribution in [0.25, 0.3) is 0 Å². The highest BCUT2D eigenvalue weighted by atomic mass is 32.2. The summed E-state index contributed by atoms with van der Waals surface area (Å²) < 4.78 is 38.4. The van der Waals surface area contributed by atoms with Gasteiger partial charge < -0.3 is 19.7 Å². The molecule has 34 heavy (non-hydrogen) atoms. The minimum atomic E-state index is -3.67. The number of ether oxygens (including phenoxy) is 2. The number of nitrogens with one attached hydrogen (secondary N) is 1. The standard InChI is InChI=1S/C23H28N6O4S/c1-16-7-8-24-21(13-16)27-22-15-23(26-17(2)25-22)28-9-11-29(12-10-28)34(30,31)18-5-6-19(32-3)20(14-18)33-4/h5-8,13-15H,9-12H2,1-4H3,(H,24,25,26,27). The Balaban J connectivity index is 1.48. The number of sulfonamides is 1. The fourth-order valence-electron chi connectivity index (χ4n) is 3.80. The molecular weight excluding hydrogens is 456 g/mol. The Morgan fingerprint density at radius 1 is 0.882 bits per heavy atom.